The minimum atomic E-state index is -0.530. The van der Waals surface area contributed by atoms with Gasteiger partial charge in [0.05, 0.1) is 18.3 Å². The molecule has 0 saturated heterocycles. The minimum Gasteiger partial charge on any atom is -0.393 e. The Morgan fingerprint density at radius 3 is 2.53 bits per heavy atom. The van der Waals surface area contributed by atoms with Gasteiger partial charge in [0.2, 0.25) is 5.91 Å². The van der Waals surface area contributed by atoms with E-state index in [-0.39, 0.29) is 17.7 Å². The molecule has 2 aromatic rings. The van der Waals surface area contributed by atoms with Crippen LogP contribution in [-0.2, 0) is 4.79 Å². The molecule has 30 heavy (non-hydrogen) atoms. The van der Waals surface area contributed by atoms with Crippen molar-refractivity contribution >= 4 is 27.3 Å². The van der Waals surface area contributed by atoms with Crippen molar-refractivity contribution in [1.82, 2.24) is 5.32 Å². The Morgan fingerprint density at radius 2 is 1.80 bits per heavy atom. The zero-order chi connectivity index (χ0) is 21.5. The molecule has 1 aliphatic carbocycles. The molecule has 1 amide bonds. The number of amides is 1. The van der Waals surface area contributed by atoms with Gasteiger partial charge in [0.15, 0.2) is 0 Å². The number of thiophene rings is 1. The monoisotopic (exact) mass is 433 g/mol. The van der Waals surface area contributed by atoms with Crippen LogP contribution in [0.4, 0.5) is 0 Å². The zero-order valence-electron chi connectivity index (χ0n) is 17.8. The third kappa shape index (κ3) is 6.03. The Kier molecular flexibility index (Phi) is 8.69. The van der Waals surface area contributed by atoms with Gasteiger partial charge >= 0.3 is 0 Å². The van der Waals surface area contributed by atoms with E-state index < -0.39 is 18.3 Å². The summed E-state index contributed by atoms with van der Waals surface area (Å²) in [5, 5.41) is 35.4. The van der Waals surface area contributed by atoms with E-state index in [1.165, 1.54) is 4.70 Å². The van der Waals surface area contributed by atoms with Gasteiger partial charge in [-0.1, -0.05) is 37.5 Å². The van der Waals surface area contributed by atoms with Crippen LogP contribution in [0, 0.1) is 11.8 Å². The Labute approximate surface area is 183 Å². The van der Waals surface area contributed by atoms with Gasteiger partial charge in [-0.3, -0.25) is 4.79 Å². The van der Waals surface area contributed by atoms with Crippen LogP contribution in [0.1, 0.15) is 68.8 Å². The average molecular weight is 434 g/mol. The molecule has 3 rings (SSSR count). The molecule has 1 aromatic heterocycles. The third-order valence-electron chi connectivity index (χ3n) is 6.54. The highest BCUT2D eigenvalue weighted by Crippen LogP contribution is 2.41. The number of carbonyl (C=O) groups excluding carboxylic acids is 1. The fourth-order valence-electron chi connectivity index (χ4n) is 4.78. The van der Waals surface area contributed by atoms with E-state index in [4.69, 9.17) is 0 Å². The van der Waals surface area contributed by atoms with Crippen LogP contribution in [0.25, 0.3) is 10.1 Å². The summed E-state index contributed by atoms with van der Waals surface area (Å²) in [4.78, 5) is 12.2. The molecule has 0 aliphatic heterocycles. The number of aliphatic hydroxyl groups is 3. The summed E-state index contributed by atoms with van der Waals surface area (Å²) in [6, 6.07) is 10.2. The van der Waals surface area contributed by atoms with Crippen molar-refractivity contribution in [1.29, 1.82) is 0 Å². The van der Waals surface area contributed by atoms with E-state index in [0.29, 0.717) is 19.3 Å². The van der Waals surface area contributed by atoms with Gasteiger partial charge in [-0.25, -0.2) is 0 Å². The van der Waals surface area contributed by atoms with E-state index in [1.54, 1.807) is 18.4 Å². The summed E-state index contributed by atoms with van der Waals surface area (Å²) in [6.45, 7) is 0. The first kappa shape index (κ1) is 23.2. The predicted octanol–water partition coefficient (Wildman–Crippen LogP) is 4.16. The maximum absolute atomic E-state index is 11.3. The molecule has 6 heteroatoms. The molecule has 0 bridgehead atoms. The van der Waals surface area contributed by atoms with E-state index in [9.17, 15) is 20.1 Å². The molecule has 1 aliphatic rings. The molecule has 5 unspecified atom stereocenters. The first-order valence-corrected chi connectivity index (χ1v) is 12.0. The van der Waals surface area contributed by atoms with Crippen LogP contribution < -0.4 is 5.32 Å². The van der Waals surface area contributed by atoms with E-state index >= 15 is 0 Å². The van der Waals surface area contributed by atoms with Gasteiger partial charge in [0.25, 0.3) is 0 Å². The highest BCUT2D eigenvalue weighted by molar-refractivity contribution is 7.19. The molecule has 166 valence electrons. The summed E-state index contributed by atoms with van der Waals surface area (Å²) in [5.41, 5.74) is 0. The maximum Gasteiger partial charge on any atom is 0.219 e. The lowest BCUT2D eigenvalue weighted by Crippen LogP contribution is -2.23. The summed E-state index contributed by atoms with van der Waals surface area (Å²) < 4.78 is 1.18. The number of aliphatic hydroxyl groups excluding tert-OH is 3. The standard InChI is InChI=1S/C24H35NO4S/c1-25-24(29)11-5-3-2-4-9-17-18(21(28)15-20(17)27)12-13-19(26)23-14-16-8-6-7-10-22(16)30-23/h6-8,10,14,17-21,26-28H,2-5,9,11-13,15H2,1H3,(H,25,29). The van der Waals surface area contributed by atoms with Crippen molar-refractivity contribution in [2.45, 2.75) is 76.1 Å². The molecular formula is C24H35NO4S. The van der Waals surface area contributed by atoms with Crippen LogP contribution in [0.3, 0.4) is 0 Å². The van der Waals surface area contributed by atoms with Gasteiger partial charge in [0, 0.05) is 23.0 Å². The normalized spacial score (nSPS) is 24.9. The lowest BCUT2D eigenvalue weighted by atomic mass is 9.84. The number of fused-ring (bicyclic) bond motifs is 1. The predicted molar refractivity (Wildman–Crippen MR) is 121 cm³/mol. The Hall–Kier alpha value is -1.47. The van der Waals surface area contributed by atoms with E-state index in [2.05, 4.69) is 23.5 Å². The number of hydrogen-bond donors (Lipinski definition) is 4. The van der Waals surface area contributed by atoms with Gasteiger partial charge in [-0.15, -0.1) is 11.3 Å². The van der Waals surface area contributed by atoms with Gasteiger partial charge in [0.1, 0.15) is 0 Å². The van der Waals surface area contributed by atoms with Crippen LogP contribution in [0.2, 0.25) is 0 Å². The highest BCUT2D eigenvalue weighted by Gasteiger charge is 2.40. The molecule has 1 saturated carbocycles. The number of rotatable bonds is 11. The lowest BCUT2D eigenvalue weighted by molar-refractivity contribution is -0.120. The SMILES string of the molecule is CNC(=O)CCCCCCC1C(O)CC(O)C1CCC(O)c1cc2ccccc2s1. The van der Waals surface area contributed by atoms with Crippen LogP contribution in [0.5, 0.6) is 0 Å². The van der Waals surface area contributed by atoms with Crippen LogP contribution in [0.15, 0.2) is 30.3 Å². The van der Waals surface area contributed by atoms with E-state index in [1.807, 2.05) is 12.1 Å². The zero-order valence-corrected chi connectivity index (χ0v) is 18.6. The first-order chi connectivity index (χ1) is 14.5. The molecule has 1 fully saturated rings. The Morgan fingerprint density at radius 1 is 1.10 bits per heavy atom. The van der Waals surface area contributed by atoms with E-state index in [0.717, 1.165) is 48.8 Å². The molecule has 0 spiro atoms. The lowest BCUT2D eigenvalue weighted by Gasteiger charge is -2.24. The van der Waals surface area contributed by atoms with Crippen LogP contribution in [-0.4, -0.2) is 40.5 Å². The van der Waals surface area contributed by atoms with Crippen molar-refractivity contribution in [2.24, 2.45) is 11.8 Å². The summed E-state index contributed by atoms with van der Waals surface area (Å²) in [6.07, 6.45) is 5.66. The molecular weight excluding hydrogens is 398 g/mol. The number of benzene rings is 1. The van der Waals surface area contributed by atoms with Crippen molar-refractivity contribution < 1.29 is 20.1 Å². The van der Waals surface area contributed by atoms with Crippen molar-refractivity contribution in [3.8, 4) is 0 Å². The number of carbonyl (C=O) groups is 1. The average Bonchev–Trinajstić information content (AvgIpc) is 3.29. The topological polar surface area (TPSA) is 89.8 Å². The van der Waals surface area contributed by atoms with Crippen molar-refractivity contribution in [3.63, 3.8) is 0 Å². The van der Waals surface area contributed by atoms with Crippen LogP contribution >= 0.6 is 11.3 Å². The minimum absolute atomic E-state index is 0.0369. The number of hydrogen-bond acceptors (Lipinski definition) is 5. The smallest absolute Gasteiger partial charge is 0.219 e. The highest BCUT2D eigenvalue weighted by atomic mass is 32.1. The van der Waals surface area contributed by atoms with Crippen molar-refractivity contribution in [3.05, 3.63) is 35.2 Å². The van der Waals surface area contributed by atoms with Crippen molar-refractivity contribution in [2.75, 3.05) is 7.05 Å². The maximum atomic E-state index is 11.3. The molecule has 5 atom stereocenters. The second-order valence-corrected chi connectivity index (χ2v) is 9.72. The molecule has 4 N–H and O–H groups in total. The summed E-state index contributed by atoms with van der Waals surface area (Å²) in [7, 11) is 1.66. The summed E-state index contributed by atoms with van der Waals surface area (Å²) >= 11 is 1.62. The number of unbranched alkanes of at least 4 members (excludes halogenated alkanes) is 3. The largest absolute Gasteiger partial charge is 0.393 e. The van der Waals surface area contributed by atoms with Gasteiger partial charge < -0.3 is 20.6 Å². The molecule has 5 nitrogen and oxygen atoms in total. The number of nitrogens with one attached hydrogen (secondary N) is 1. The third-order valence-corrected chi connectivity index (χ3v) is 7.76. The second kappa shape index (κ2) is 11.2. The fraction of sp³-hybridized carbons (Fsp3) is 0.625. The Balaban J connectivity index is 1.46. The summed E-state index contributed by atoms with van der Waals surface area (Å²) in [5.74, 6) is 0.213. The second-order valence-electron chi connectivity index (χ2n) is 8.60. The van der Waals surface area contributed by atoms with Gasteiger partial charge in [-0.2, -0.15) is 0 Å². The Bertz CT molecular complexity index is 774. The van der Waals surface area contributed by atoms with Gasteiger partial charge in [-0.05, 0) is 61.5 Å². The molecule has 1 heterocycles. The molecule has 1 aromatic carbocycles. The quantitative estimate of drug-likeness (QED) is 0.401. The fourth-order valence-corrected chi connectivity index (χ4v) is 5.87. The molecule has 0 radical (unpaired) electrons. The first-order valence-electron chi connectivity index (χ1n) is 11.2.